The molecule has 31 heavy (non-hydrogen) atoms. The van der Waals surface area contributed by atoms with Crippen molar-refractivity contribution in [1.82, 2.24) is 0 Å². The molecule has 0 aliphatic carbocycles. The van der Waals surface area contributed by atoms with Gasteiger partial charge in [0.25, 0.3) is 10.0 Å². The Morgan fingerprint density at radius 1 is 1.26 bits per heavy atom. The molecule has 10 nitrogen and oxygen atoms in total. The summed E-state index contributed by atoms with van der Waals surface area (Å²) in [5.41, 5.74) is 5.93. The lowest BCUT2D eigenvalue weighted by atomic mass is 10.2. The summed E-state index contributed by atoms with van der Waals surface area (Å²) < 4.78 is 71.0. The Hall–Kier alpha value is -2.90. The maximum absolute atomic E-state index is 13.3. The molecule has 0 spiro atoms. The molecule has 13 heteroatoms. The number of nitrogens with one attached hydrogen (secondary N) is 1. The van der Waals surface area contributed by atoms with Crippen LogP contribution in [0, 0.1) is 5.82 Å². The van der Waals surface area contributed by atoms with E-state index in [2.05, 4.69) is 5.32 Å². The van der Waals surface area contributed by atoms with Gasteiger partial charge in [-0.2, -0.15) is 0 Å². The fraction of sp³-hybridized carbons (Fsp3) is 0.278. The van der Waals surface area contributed by atoms with Crippen LogP contribution in [0.2, 0.25) is 0 Å². The lowest BCUT2D eigenvalue weighted by molar-refractivity contribution is 0.194. The second-order valence-electron chi connectivity index (χ2n) is 6.68. The summed E-state index contributed by atoms with van der Waals surface area (Å²) in [5.74, 6) is -0.907. The van der Waals surface area contributed by atoms with Gasteiger partial charge in [-0.1, -0.05) is 6.92 Å². The number of amides is 1. The van der Waals surface area contributed by atoms with Crippen LogP contribution in [0.5, 0.6) is 5.75 Å². The van der Waals surface area contributed by atoms with Gasteiger partial charge in [0.2, 0.25) is 0 Å². The van der Waals surface area contributed by atoms with Crippen LogP contribution in [0.3, 0.4) is 0 Å². The minimum atomic E-state index is -4.29. The number of ether oxygens (including phenoxy) is 1. The summed E-state index contributed by atoms with van der Waals surface area (Å²) in [7, 11) is -8.07. The zero-order valence-electron chi connectivity index (χ0n) is 16.2. The Kier molecular flexibility index (Phi) is 6.11. The first-order valence-electron chi connectivity index (χ1n) is 9.02. The number of hydrogen-bond donors (Lipinski definition) is 3. The molecule has 1 amide bonds. The quantitative estimate of drug-likeness (QED) is 0.571. The topological polar surface area (TPSA) is 156 Å². The van der Waals surface area contributed by atoms with Gasteiger partial charge in [0.15, 0.2) is 9.84 Å². The van der Waals surface area contributed by atoms with Crippen LogP contribution in [0.4, 0.5) is 20.6 Å². The van der Waals surface area contributed by atoms with E-state index in [-0.39, 0.29) is 27.8 Å². The number of rotatable bonds is 6. The molecule has 0 bridgehead atoms. The van der Waals surface area contributed by atoms with E-state index in [0.29, 0.717) is 0 Å². The number of hydrogen-bond acceptors (Lipinski definition) is 7. The number of nitrogens with two attached hydrogens (primary N) is 1. The van der Waals surface area contributed by atoms with Gasteiger partial charge in [-0.15, -0.1) is 0 Å². The summed E-state index contributed by atoms with van der Waals surface area (Å²) in [6.07, 6.45) is -2.59. The minimum absolute atomic E-state index is 0.000344. The molecular weight excluding hydrogens is 453 g/mol. The highest BCUT2D eigenvalue weighted by atomic mass is 32.2. The van der Waals surface area contributed by atoms with Crippen molar-refractivity contribution in [2.75, 3.05) is 21.9 Å². The van der Waals surface area contributed by atoms with Gasteiger partial charge < -0.3 is 15.6 Å². The van der Waals surface area contributed by atoms with Gasteiger partial charge >= 0.3 is 6.09 Å². The van der Waals surface area contributed by atoms with Crippen molar-refractivity contribution in [1.29, 1.82) is 0 Å². The Morgan fingerprint density at radius 3 is 2.48 bits per heavy atom. The van der Waals surface area contributed by atoms with Crippen molar-refractivity contribution < 1.29 is 35.9 Å². The Labute approximate surface area is 178 Å². The third-order valence-corrected chi connectivity index (χ3v) is 8.42. The van der Waals surface area contributed by atoms with Crippen molar-refractivity contribution >= 4 is 37.3 Å². The van der Waals surface area contributed by atoms with Gasteiger partial charge in [-0.05, 0) is 42.5 Å². The Balaban J connectivity index is 2.12. The van der Waals surface area contributed by atoms with Crippen LogP contribution >= 0.6 is 0 Å². The molecule has 3 rings (SSSR count). The first-order chi connectivity index (χ1) is 14.5. The minimum Gasteiger partial charge on any atom is -0.484 e. The van der Waals surface area contributed by atoms with Crippen molar-refractivity contribution in [3.63, 3.8) is 0 Å². The van der Waals surface area contributed by atoms with Crippen LogP contribution < -0.4 is 20.1 Å². The molecule has 168 valence electrons. The average molecular weight is 474 g/mol. The molecule has 0 saturated heterocycles. The number of carboxylic acid groups (broad SMARTS) is 1. The van der Waals surface area contributed by atoms with Gasteiger partial charge in [0.1, 0.15) is 23.0 Å². The molecule has 1 aliphatic rings. The molecule has 2 unspecified atom stereocenters. The van der Waals surface area contributed by atoms with Crippen molar-refractivity contribution in [3.8, 4) is 5.75 Å². The summed E-state index contributed by atoms with van der Waals surface area (Å²) in [6, 6.07) is 7.96. The van der Waals surface area contributed by atoms with E-state index in [1.807, 2.05) is 0 Å². The molecule has 1 heterocycles. The lowest BCUT2D eigenvalue weighted by Crippen LogP contribution is -2.54. The normalized spacial score (nSPS) is 17.4. The van der Waals surface area contributed by atoms with Crippen molar-refractivity contribution in [2.24, 2.45) is 5.73 Å². The molecule has 2 atom stereocenters. The highest BCUT2D eigenvalue weighted by Gasteiger charge is 2.40. The average Bonchev–Trinajstić information content (AvgIpc) is 2.72. The summed E-state index contributed by atoms with van der Waals surface area (Å²) in [6.45, 7) is 0.951. The maximum Gasteiger partial charge on any atom is 0.409 e. The number of benzene rings is 2. The van der Waals surface area contributed by atoms with E-state index in [4.69, 9.17) is 15.6 Å². The van der Waals surface area contributed by atoms with E-state index >= 15 is 0 Å². The molecule has 4 N–H and O–H groups in total. The Morgan fingerprint density at radius 2 is 1.90 bits per heavy atom. The molecule has 2 aromatic carbocycles. The molecule has 0 saturated carbocycles. The predicted molar refractivity (Wildman–Crippen MR) is 111 cm³/mol. The van der Waals surface area contributed by atoms with Crippen molar-refractivity contribution in [2.45, 2.75) is 23.3 Å². The van der Waals surface area contributed by atoms with Crippen LogP contribution in [-0.4, -0.2) is 51.8 Å². The fourth-order valence-electron chi connectivity index (χ4n) is 3.03. The van der Waals surface area contributed by atoms with E-state index in [9.17, 15) is 26.0 Å². The first kappa shape index (κ1) is 22.8. The van der Waals surface area contributed by atoms with Crippen molar-refractivity contribution in [3.05, 3.63) is 48.3 Å². The predicted octanol–water partition coefficient (Wildman–Crippen LogP) is 1.59. The molecule has 1 aliphatic heterocycles. The van der Waals surface area contributed by atoms with Crippen LogP contribution in [0.25, 0.3) is 0 Å². The fourth-order valence-corrected chi connectivity index (χ4v) is 5.50. The summed E-state index contributed by atoms with van der Waals surface area (Å²) in [5, 5.41) is 9.54. The van der Waals surface area contributed by atoms with Gasteiger partial charge in [-0.25, -0.2) is 26.0 Å². The van der Waals surface area contributed by atoms with Gasteiger partial charge in [-0.3, -0.25) is 9.62 Å². The number of fused-ring (bicyclic) bond motifs is 1. The molecular formula is C18H20FN3O7S2. The van der Waals surface area contributed by atoms with Gasteiger partial charge in [0.05, 0.1) is 17.1 Å². The second-order valence-corrected chi connectivity index (χ2v) is 11.0. The smallest absolute Gasteiger partial charge is 0.409 e. The monoisotopic (exact) mass is 473 g/mol. The lowest BCUT2D eigenvalue weighted by Gasteiger charge is -2.37. The zero-order valence-corrected chi connectivity index (χ0v) is 17.9. The van der Waals surface area contributed by atoms with E-state index in [1.54, 1.807) is 0 Å². The largest absolute Gasteiger partial charge is 0.484 e. The number of halogens is 1. The van der Waals surface area contributed by atoms with Crippen LogP contribution in [0.1, 0.15) is 6.92 Å². The number of carbonyl (C=O) groups is 1. The van der Waals surface area contributed by atoms with Crippen LogP contribution in [-0.2, 0) is 19.9 Å². The number of anilines is 2. The summed E-state index contributed by atoms with van der Waals surface area (Å²) >= 11 is 0. The molecule has 0 fully saturated rings. The third-order valence-electron chi connectivity index (χ3n) is 4.69. The summed E-state index contributed by atoms with van der Waals surface area (Å²) in [4.78, 5) is 10.7. The second kappa shape index (κ2) is 8.32. The SMILES string of the molecule is CCS(=O)(=O)C(N)C1CN(S(=O)(=O)c2ccc(F)cc2)c2cc(NC(=O)O)ccc2O1. The number of nitrogens with zero attached hydrogens (tertiary/aromatic N) is 1. The molecule has 0 radical (unpaired) electrons. The maximum atomic E-state index is 13.3. The third kappa shape index (κ3) is 4.57. The van der Waals surface area contributed by atoms with Crippen LogP contribution in [0.15, 0.2) is 47.4 Å². The first-order valence-corrected chi connectivity index (χ1v) is 12.2. The number of sulfone groups is 1. The molecule has 2 aromatic rings. The number of sulfonamides is 1. The zero-order chi connectivity index (χ0) is 23.0. The molecule has 0 aromatic heterocycles. The van der Waals surface area contributed by atoms with E-state index in [1.165, 1.54) is 25.1 Å². The standard InChI is InChI=1S/C18H20FN3O7S2/c1-2-30(25,26)17(20)16-10-22(31(27,28)13-6-3-11(19)4-7-13)14-9-12(21-18(23)24)5-8-15(14)29-16/h3-9,16-17,21H,2,10,20H2,1H3,(H,23,24). The highest BCUT2D eigenvalue weighted by molar-refractivity contribution is 7.93. The van der Waals surface area contributed by atoms with E-state index in [0.717, 1.165) is 28.6 Å². The highest BCUT2D eigenvalue weighted by Crippen LogP contribution is 2.39. The Bertz CT molecular complexity index is 1200. The van der Waals surface area contributed by atoms with Gasteiger partial charge in [0, 0.05) is 11.4 Å². The van der Waals surface area contributed by atoms with E-state index < -0.39 is 49.8 Å².